The largest absolute Gasteiger partial charge is 0.493 e. The van der Waals surface area contributed by atoms with Crippen molar-refractivity contribution in [2.45, 2.75) is 0 Å². The molecule has 0 fully saturated rings. The molecule has 2 rings (SSSR count). The fraction of sp³-hybridized carbons (Fsp3) is 0.133. The van der Waals surface area contributed by atoms with Crippen LogP contribution in [0.4, 0.5) is 17.1 Å². The summed E-state index contributed by atoms with van der Waals surface area (Å²) < 4.78 is 10.0. The quantitative estimate of drug-likeness (QED) is 0.627. The number of rotatable bonds is 6. The maximum Gasteiger partial charge on any atom is 0.286 e. The van der Waals surface area contributed by atoms with E-state index >= 15 is 0 Å². The summed E-state index contributed by atoms with van der Waals surface area (Å²) in [5, 5.41) is 24.3. The number of amides is 1. The van der Waals surface area contributed by atoms with Gasteiger partial charge in [-0.05, 0) is 12.1 Å². The summed E-state index contributed by atoms with van der Waals surface area (Å²) in [7, 11) is 2.65. The molecule has 0 heterocycles. The van der Waals surface area contributed by atoms with Crippen molar-refractivity contribution in [2.75, 3.05) is 19.5 Å². The smallest absolute Gasteiger partial charge is 0.286 e. The summed E-state index contributed by atoms with van der Waals surface area (Å²) in [6.45, 7) is 0. The number of ether oxygens (including phenoxy) is 2. The van der Waals surface area contributed by atoms with Crippen molar-refractivity contribution in [2.24, 2.45) is 0 Å². The molecule has 2 aromatic carbocycles. The van der Waals surface area contributed by atoms with E-state index in [1.54, 1.807) is 0 Å². The zero-order valence-corrected chi connectivity index (χ0v) is 13.2. The molecule has 1 N–H and O–H groups in total. The Labute approximate surface area is 141 Å². The van der Waals surface area contributed by atoms with E-state index in [4.69, 9.17) is 9.47 Å². The first-order chi connectivity index (χ1) is 11.9. The van der Waals surface area contributed by atoms with E-state index in [-0.39, 0.29) is 28.4 Å². The van der Waals surface area contributed by atoms with E-state index in [0.29, 0.717) is 0 Å². The molecule has 0 saturated carbocycles. The number of nitrogens with zero attached hydrogens (tertiary/aromatic N) is 2. The van der Waals surface area contributed by atoms with Gasteiger partial charge in [0, 0.05) is 23.9 Å². The van der Waals surface area contributed by atoms with Crippen LogP contribution in [0.15, 0.2) is 36.4 Å². The molecule has 0 aromatic heterocycles. The Kier molecular flexibility index (Phi) is 5.12. The van der Waals surface area contributed by atoms with Gasteiger partial charge in [-0.3, -0.25) is 25.0 Å². The van der Waals surface area contributed by atoms with Crippen molar-refractivity contribution in [3.05, 3.63) is 62.2 Å². The van der Waals surface area contributed by atoms with Gasteiger partial charge in [-0.1, -0.05) is 0 Å². The van der Waals surface area contributed by atoms with Crippen LogP contribution in [0.25, 0.3) is 0 Å². The molecule has 0 aliphatic carbocycles. The second-order valence-corrected chi connectivity index (χ2v) is 4.74. The van der Waals surface area contributed by atoms with Crippen LogP contribution < -0.4 is 14.8 Å². The van der Waals surface area contributed by atoms with E-state index in [1.165, 1.54) is 44.6 Å². The highest BCUT2D eigenvalue weighted by Crippen LogP contribution is 2.34. The number of non-ortho nitro benzene ring substituents is 1. The number of methoxy groups -OCH3 is 2. The first-order valence-electron chi connectivity index (χ1n) is 6.83. The summed E-state index contributed by atoms with van der Waals surface area (Å²) in [5.41, 5.74) is -0.590. The number of carbonyl (C=O) groups excluding carboxylic acids is 1. The van der Waals surface area contributed by atoms with Gasteiger partial charge in [0.2, 0.25) is 0 Å². The Morgan fingerprint density at radius 2 is 1.52 bits per heavy atom. The summed E-state index contributed by atoms with van der Waals surface area (Å²) in [6, 6.07) is 7.34. The van der Waals surface area contributed by atoms with E-state index < -0.39 is 21.4 Å². The highest BCUT2D eigenvalue weighted by atomic mass is 16.6. The second kappa shape index (κ2) is 7.25. The lowest BCUT2D eigenvalue weighted by Gasteiger charge is -2.11. The molecule has 0 atom stereocenters. The number of nitro groups is 2. The Balaban J connectivity index is 2.37. The Hall–Kier alpha value is -3.69. The maximum atomic E-state index is 12.4. The van der Waals surface area contributed by atoms with Gasteiger partial charge in [0.15, 0.2) is 11.5 Å². The van der Waals surface area contributed by atoms with Gasteiger partial charge in [-0.25, -0.2) is 0 Å². The summed E-state index contributed by atoms with van der Waals surface area (Å²) in [5.74, 6) is -0.496. The van der Waals surface area contributed by atoms with Crippen LogP contribution in [0.3, 0.4) is 0 Å². The summed E-state index contributed by atoms with van der Waals surface area (Å²) >= 11 is 0. The topological polar surface area (TPSA) is 134 Å². The molecule has 0 spiro atoms. The van der Waals surface area contributed by atoms with E-state index in [1.807, 2.05) is 0 Å². The third kappa shape index (κ3) is 3.80. The molecular formula is C15H13N3O7. The molecule has 0 aliphatic heterocycles. The van der Waals surface area contributed by atoms with Gasteiger partial charge in [0.1, 0.15) is 5.56 Å². The minimum atomic E-state index is -0.762. The molecule has 0 unspecified atom stereocenters. The molecule has 130 valence electrons. The van der Waals surface area contributed by atoms with Gasteiger partial charge >= 0.3 is 0 Å². The minimum Gasteiger partial charge on any atom is -0.493 e. The molecule has 0 aliphatic rings. The molecule has 10 nitrogen and oxygen atoms in total. The highest BCUT2D eigenvalue weighted by Gasteiger charge is 2.24. The minimum absolute atomic E-state index is 0.112. The lowest BCUT2D eigenvalue weighted by atomic mass is 10.1. The molecular weight excluding hydrogens is 334 g/mol. The molecule has 1 amide bonds. The zero-order chi connectivity index (χ0) is 18.6. The van der Waals surface area contributed by atoms with Crippen molar-refractivity contribution in [3.8, 4) is 11.5 Å². The first kappa shape index (κ1) is 17.7. The Morgan fingerprint density at radius 1 is 0.960 bits per heavy atom. The standard InChI is InChI=1S/C15H13N3O7/c1-24-13-7-11(12(18(22)23)8-14(13)25-2)15(19)16-9-3-5-10(6-4-9)17(20)21/h3-8H,1-2H3,(H,16,19). The van der Waals surface area contributed by atoms with Crippen LogP contribution in [0, 0.1) is 20.2 Å². The number of nitrogens with one attached hydrogen (secondary N) is 1. The average molecular weight is 347 g/mol. The van der Waals surface area contributed by atoms with Crippen molar-refractivity contribution >= 4 is 23.0 Å². The summed E-state index contributed by atoms with van der Waals surface area (Å²) in [6.07, 6.45) is 0. The molecule has 0 radical (unpaired) electrons. The van der Waals surface area contributed by atoms with E-state index in [0.717, 1.165) is 6.07 Å². The van der Waals surface area contributed by atoms with E-state index in [2.05, 4.69) is 5.32 Å². The van der Waals surface area contributed by atoms with Crippen LogP contribution in [-0.2, 0) is 0 Å². The predicted octanol–water partition coefficient (Wildman–Crippen LogP) is 2.77. The molecule has 25 heavy (non-hydrogen) atoms. The third-order valence-electron chi connectivity index (χ3n) is 3.28. The van der Waals surface area contributed by atoms with Crippen LogP contribution in [0.2, 0.25) is 0 Å². The van der Waals surface area contributed by atoms with Gasteiger partial charge < -0.3 is 14.8 Å². The van der Waals surface area contributed by atoms with Crippen molar-refractivity contribution < 1.29 is 24.1 Å². The van der Waals surface area contributed by atoms with Gasteiger partial charge in [-0.15, -0.1) is 0 Å². The molecule has 0 bridgehead atoms. The maximum absolute atomic E-state index is 12.4. The number of carbonyl (C=O) groups is 1. The van der Waals surface area contributed by atoms with E-state index in [9.17, 15) is 25.0 Å². The van der Waals surface area contributed by atoms with Crippen molar-refractivity contribution in [3.63, 3.8) is 0 Å². The molecule has 0 saturated heterocycles. The lowest BCUT2D eigenvalue weighted by molar-refractivity contribution is -0.385. The average Bonchev–Trinajstić information content (AvgIpc) is 2.60. The van der Waals surface area contributed by atoms with Crippen molar-refractivity contribution in [1.82, 2.24) is 0 Å². The zero-order valence-electron chi connectivity index (χ0n) is 13.2. The second-order valence-electron chi connectivity index (χ2n) is 4.74. The first-order valence-corrected chi connectivity index (χ1v) is 6.83. The Morgan fingerprint density at radius 3 is 2.00 bits per heavy atom. The van der Waals surface area contributed by atoms with Crippen LogP contribution >= 0.6 is 0 Å². The number of hydrogen-bond donors (Lipinski definition) is 1. The van der Waals surface area contributed by atoms with Crippen LogP contribution in [0.1, 0.15) is 10.4 Å². The van der Waals surface area contributed by atoms with Gasteiger partial charge in [-0.2, -0.15) is 0 Å². The number of benzene rings is 2. The highest BCUT2D eigenvalue weighted by molar-refractivity contribution is 6.07. The number of hydrogen-bond acceptors (Lipinski definition) is 7. The lowest BCUT2D eigenvalue weighted by Crippen LogP contribution is -2.14. The summed E-state index contributed by atoms with van der Waals surface area (Å²) in [4.78, 5) is 32.9. The number of nitro benzene ring substituents is 2. The molecule has 2 aromatic rings. The predicted molar refractivity (Wildman–Crippen MR) is 87.2 cm³/mol. The molecule has 10 heteroatoms. The van der Waals surface area contributed by atoms with Crippen LogP contribution in [0.5, 0.6) is 11.5 Å². The third-order valence-corrected chi connectivity index (χ3v) is 3.28. The van der Waals surface area contributed by atoms with Crippen molar-refractivity contribution in [1.29, 1.82) is 0 Å². The SMILES string of the molecule is COc1cc(C(=O)Nc2ccc([N+](=O)[O-])cc2)c([N+](=O)[O-])cc1OC. The number of anilines is 1. The normalized spacial score (nSPS) is 10.0. The fourth-order valence-electron chi connectivity index (χ4n) is 2.07. The Bertz CT molecular complexity index is 834. The fourth-order valence-corrected chi connectivity index (χ4v) is 2.07. The van der Waals surface area contributed by atoms with Gasteiger partial charge in [0.25, 0.3) is 17.3 Å². The van der Waals surface area contributed by atoms with Gasteiger partial charge in [0.05, 0.1) is 30.1 Å². The monoisotopic (exact) mass is 347 g/mol. The van der Waals surface area contributed by atoms with Crippen LogP contribution in [-0.4, -0.2) is 30.0 Å².